The Bertz CT molecular complexity index is 2350. The van der Waals surface area contributed by atoms with Crippen LogP contribution >= 0.6 is 15.6 Å². The van der Waals surface area contributed by atoms with Crippen molar-refractivity contribution in [3.63, 3.8) is 0 Å². The number of nitrogens with zero attached hydrogens (tertiary/aromatic N) is 7. The number of aliphatic hydroxyl groups excluding tert-OH is 5. The average Bonchev–Trinajstić information content (AvgIpc) is 3.63. The second-order valence-corrected chi connectivity index (χ2v) is 15.0. The molecule has 3 aliphatic heterocycles. The fourth-order valence-corrected chi connectivity index (χ4v) is 7.56. The molecule has 3 aromatic rings. The number of phosphoric ester groups is 2. The highest BCUT2D eigenvalue weighted by Gasteiger charge is 2.45. The lowest BCUT2D eigenvalue weighted by Gasteiger charge is -2.32. The van der Waals surface area contributed by atoms with Gasteiger partial charge in [0.1, 0.15) is 48.5 Å². The first-order valence-corrected chi connectivity index (χ1v) is 18.3. The number of aromatic amines is 1. The zero-order chi connectivity index (χ0) is 38.6. The summed E-state index contributed by atoms with van der Waals surface area (Å²) in [5, 5.41) is 52.9. The number of imidazole rings is 1. The van der Waals surface area contributed by atoms with Crippen LogP contribution in [-0.2, 0) is 33.8 Å². The number of hydrogen-bond donors (Lipinski definition) is 7. The fraction of sp³-hybridized carbons (Fsp3) is 0.444. The van der Waals surface area contributed by atoms with Crippen LogP contribution in [0.2, 0.25) is 0 Å². The maximum Gasteiger partial charge on any atom is 0.349 e. The Labute approximate surface area is 295 Å². The van der Waals surface area contributed by atoms with Crippen molar-refractivity contribution in [1.29, 1.82) is 0 Å². The van der Waals surface area contributed by atoms with E-state index in [1.54, 1.807) is 26.0 Å². The number of hydrogen-bond acceptors (Lipinski definition) is 21. The Morgan fingerprint density at radius 2 is 1.70 bits per heavy atom. The zero-order valence-electron chi connectivity index (χ0n) is 27.4. The maximum absolute atomic E-state index is 12.5. The Morgan fingerprint density at radius 1 is 1.00 bits per heavy atom. The second-order valence-electron chi connectivity index (χ2n) is 12.0. The molecule has 2 aromatic heterocycles. The summed E-state index contributed by atoms with van der Waals surface area (Å²) in [6, 6.07) is 3.27. The topological polar surface area (TPSA) is 369 Å². The molecule has 24 nitrogen and oxygen atoms in total. The molecule has 5 heterocycles. The SMILES string of the molecule is Cc1cc2nc3c(=O)[nH]c(=O)nc-3n(C[C@H](O)[C@@H](O)[C@H](O)COP(=O)([O-])OP(=O)([O-])OC[C@@H]3O[C@@H](n4cnc5c(N)ncnc54)[C@@H](O)[C@@H]3O)c2cc1C. The molecule has 0 spiro atoms. The molecule has 8 N–H and O–H groups in total. The molecule has 53 heavy (non-hydrogen) atoms. The Balaban J connectivity index is 1.07. The molecular weight excluding hydrogens is 752 g/mol. The van der Waals surface area contributed by atoms with Crippen molar-refractivity contribution in [2.24, 2.45) is 0 Å². The summed E-state index contributed by atoms with van der Waals surface area (Å²) >= 11 is 0. The number of fused-ring (bicyclic) bond motifs is 3. The van der Waals surface area contributed by atoms with Crippen molar-refractivity contribution in [1.82, 2.24) is 39.0 Å². The molecule has 6 rings (SSSR count). The molecule has 1 aromatic carbocycles. The molecular formula is C27H31N9O15P2-2. The Hall–Kier alpha value is -4.13. The van der Waals surface area contributed by atoms with E-state index in [-0.39, 0.29) is 39.5 Å². The fourth-order valence-electron chi connectivity index (χ4n) is 5.54. The molecule has 26 heteroatoms. The van der Waals surface area contributed by atoms with E-state index in [0.717, 1.165) is 17.5 Å². The summed E-state index contributed by atoms with van der Waals surface area (Å²) in [4.78, 5) is 71.1. The van der Waals surface area contributed by atoms with Crippen molar-refractivity contribution >= 4 is 43.7 Å². The third-order valence-electron chi connectivity index (χ3n) is 8.38. The largest absolute Gasteiger partial charge is 0.756 e. The molecule has 0 saturated carbocycles. The van der Waals surface area contributed by atoms with Gasteiger partial charge < -0.3 is 59.4 Å². The van der Waals surface area contributed by atoms with Crippen molar-refractivity contribution in [2.75, 3.05) is 18.9 Å². The first-order valence-electron chi connectivity index (χ1n) is 15.4. The predicted octanol–water partition coefficient (Wildman–Crippen LogP) is -3.69. The van der Waals surface area contributed by atoms with Crippen molar-refractivity contribution < 1.29 is 62.5 Å². The summed E-state index contributed by atoms with van der Waals surface area (Å²) in [6.45, 7) is 0.570. The third-order valence-corrected chi connectivity index (χ3v) is 10.9. The Morgan fingerprint density at radius 3 is 2.43 bits per heavy atom. The van der Waals surface area contributed by atoms with E-state index in [0.29, 0.717) is 0 Å². The van der Waals surface area contributed by atoms with Gasteiger partial charge in [-0.2, -0.15) is 4.98 Å². The van der Waals surface area contributed by atoms with Gasteiger partial charge >= 0.3 is 5.69 Å². The minimum absolute atomic E-state index is 0.0151. The van der Waals surface area contributed by atoms with Gasteiger partial charge in [0, 0.05) is 0 Å². The molecule has 0 radical (unpaired) electrons. The van der Waals surface area contributed by atoms with Crippen LogP contribution in [0.4, 0.5) is 5.82 Å². The summed E-state index contributed by atoms with van der Waals surface area (Å²) in [5.74, 6) is -0.243. The van der Waals surface area contributed by atoms with Gasteiger partial charge in [0.2, 0.25) is 0 Å². The maximum atomic E-state index is 12.5. The summed E-state index contributed by atoms with van der Waals surface area (Å²) < 4.78 is 45.7. The number of H-pyrrole nitrogens is 1. The van der Waals surface area contributed by atoms with Crippen molar-refractivity contribution in [3.8, 4) is 11.5 Å². The number of phosphoric acid groups is 2. The van der Waals surface area contributed by atoms with Crippen molar-refractivity contribution in [2.45, 2.75) is 63.2 Å². The van der Waals surface area contributed by atoms with E-state index in [4.69, 9.17) is 10.5 Å². The number of aromatic nitrogens is 8. The number of ether oxygens (including phenoxy) is 1. The molecule has 9 atom stereocenters. The summed E-state index contributed by atoms with van der Waals surface area (Å²) in [7, 11) is -11.6. The predicted molar refractivity (Wildman–Crippen MR) is 172 cm³/mol. The highest BCUT2D eigenvalue weighted by Crippen LogP contribution is 2.56. The van der Waals surface area contributed by atoms with Crippen LogP contribution in [0, 0.1) is 13.8 Å². The first-order chi connectivity index (χ1) is 24.9. The van der Waals surface area contributed by atoms with E-state index in [1.165, 1.54) is 15.5 Å². The van der Waals surface area contributed by atoms with Crippen LogP contribution in [0.15, 0.2) is 34.4 Å². The second kappa shape index (κ2) is 14.6. The number of nitrogens with two attached hydrogens (primary N) is 1. The average molecular weight is 784 g/mol. The van der Waals surface area contributed by atoms with Gasteiger partial charge in [0.15, 0.2) is 29.2 Å². The summed E-state index contributed by atoms with van der Waals surface area (Å²) in [5.41, 5.74) is 5.97. The van der Waals surface area contributed by atoms with Gasteiger partial charge in [-0.15, -0.1) is 0 Å². The van der Waals surface area contributed by atoms with Gasteiger partial charge in [0.25, 0.3) is 21.2 Å². The highest BCUT2D eigenvalue weighted by atomic mass is 31.3. The van der Waals surface area contributed by atoms with E-state index in [2.05, 4.69) is 38.3 Å². The number of nitrogen functional groups attached to an aromatic ring is 1. The van der Waals surface area contributed by atoms with Gasteiger partial charge in [-0.1, -0.05) is 0 Å². The first kappa shape index (κ1) is 38.6. The third kappa shape index (κ3) is 7.91. The molecule has 1 saturated heterocycles. The highest BCUT2D eigenvalue weighted by molar-refractivity contribution is 7.59. The zero-order valence-corrected chi connectivity index (χ0v) is 29.2. The number of rotatable bonds is 13. The van der Waals surface area contributed by atoms with Gasteiger partial charge in [-0.3, -0.25) is 23.5 Å². The molecule has 2 unspecified atom stereocenters. The van der Waals surface area contributed by atoms with E-state index in [1.807, 2.05) is 4.98 Å². The van der Waals surface area contributed by atoms with Crippen LogP contribution in [0.1, 0.15) is 17.4 Å². The van der Waals surface area contributed by atoms with E-state index in [9.17, 15) is 54.0 Å². The number of aryl methyl sites for hydroxylation is 2. The Kier molecular flexibility index (Phi) is 10.6. The molecule has 0 amide bonds. The smallest absolute Gasteiger partial charge is 0.349 e. The molecule has 3 aliphatic rings. The normalized spacial score (nSPS) is 23.3. The minimum atomic E-state index is -5.85. The lowest BCUT2D eigenvalue weighted by molar-refractivity contribution is -0.247. The summed E-state index contributed by atoms with van der Waals surface area (Å²) in [6.07, 6.45) is -10.3. The lowest BCUT2D eigenvalue weighted by atomic mass is 10.1. The molecule has 286 valence electrons. The van der Waals surface area contributed by atoms with Crippen LogP contribution in [0.3, 0.4) is 0 Å². The molecule has 0 bridgehead atoms. The van der Waals surface area contributed by atoms with E-state index < -0.39 is 89.5 Å². The monoisotopic (exact) mass is 783 g/mol. The van der Waals surface area contributed by atoms with Gasteiger partial charge in [-0.05, 0) is 37.1 Å². The minimum Gasteiger partial charge on any atom is -0.756 e. The van der Waals surface area contributed by atoms with Gasteiger partial charge in [-0.25, -0.2) is 29.0 Å². The molecule has 0 aliphatic carbocycles. The van der Waals surface area contributed by atoms with Crippen molar-refractivity contribution in [3.05, 3.63) is 56.8 Å². The standard InChI is InChI=1S/C27H33N9O15P2/c1-10-3-12-13(4-11(10)2)35(24-18(32-12)25(42)34-27(43)33-24)5-14(37)19(39)15(38)6-48-52(44,45)51-53(46,47)49-7-16-20(40)21(41)26(50-16)36-9-31-17-22(28)29-8-30-23(17)36/h3-4,8-9,14-16,19-21,26,37-41H,5-7H2,1-2H3,(H,44,45)(H,46,47)(H2,28,29,30)(H,34,42,43)/p-2/t14-,15+,16-,19+,20+,21-,26+/m0/s1. The number of nitrogens with one attached hydrogen (secondary N) is 1. The van der Waals surface area contributed by atoms with Gasteiger partial charge in [0.05, 0.1) is 37.1 Å². The molecule has 1 fully saturated rings. The van der Waals surface area contributed by atoms with Crippen LogP contribution in [0.5, 0.6) is 0 Å². The number of benzene rings is 1. The number of aliphatic hydroxyl groups is 5. The van der Waals surface area contributed by atoms with Crippen LogP contribution in [0.25, 0.3) is 33.7 Å². The lowest BCUT2D eigenvalue weighted by Crippen LogP contribution is -2.43. The van der Waals surface area contributed by atoms with Crippen LogP contribution < -0.4 is 26.8 Å². The van der Waals surface area contributed by atoms with Crippen LogP contribution in [-0.4, -0.2) is 114 Å². The quantitative estimate of drug-likeness (QED) is 0.0446. The number of anilines is 1. The van der Waals surface area contributed by atoms with E-state index >= 15 is 0 Å².